The molecule has 0 aromatic carbocycles. The Hall–Kier alpha value is -2.16. The largest absolute Gasteiger partial charge is 0.480 e. The second-order valence-electron chi connectivity index (χ2n) is 7.76. The van der Waals surface area contributed by atoms with Crippen molar-refractivity contribution in [2.75, 3.05) is 13.1 Å². The first kappa shape index (κ1) is 22.9. The molecule has 1 saturated heterocycles. The molecule has 0 aliphatic carbocycles. The van der Waals surface area contributed by atoms with Gasteiger partial charge in [0.1, 0.15) is 12.1 Å². The molecule has 0 saturated carbocycles. The van der Waals surface area contributed by atoms with Gasteiger partial charge in [-0.2, -0.15) is 0 Å². The molecule has 1 aliphatic rings. The Kier molecular flexibility index (Phi) is 8.68. The van der Waals surface area contributed by atoms with Gasteiger partial charge in [0.25, 0.3) is 0 Å². The number of aliphatic carboxylic acids is 1. The van der Waals surface area contributed by atoms with Crippen molar-refractivity contribution < 1.29 is 24.3 Å². The molecule has 0 aromatic rings. The van der Waals surface area contributed by atoms with E-state index >= 15 is 0 Å². The molecule has 27 heavy (non-hydrogen) atoms. The highest BCUT2D eigenvalue weighted by atomic mass is 16.4. The lowest BCUT2D eigenvalue weighted by Gasteiger charge is -2.25. The second kappa shape index (κ2) is 10.2. The third kappa shape index (κ3) is 6.82. The Morgan fingerprint density at radius 1 is 1.15 bits per heavy atom. The summed E-state index contributed by atoms with van der Waals surface area (Å²) in [5, 5.41) is 14.3. The average Bonchev–Trinajstić information content (AvgIpc) is 3.07. The molecule has 1 rings (SSSR count). The molecule has 0 aromatic heterocycles. The summed E-state index contributed by atoms with van der Waals surface area (Å²) in [5.74, 6) is -2.31. The summed E-state index contributed by atoms with van der Waals surface area (Å²) in [6, 6.07) is -2.37. The third-order valence-corrected chi connectivity index (χ3v) is 4.63. The van der Waals surface area contributed by atoms with E-state index in [-0.39, 0.29) is 18.4 Å². The van der Waals surface area contributed by atoms with Crippen LogP contribution in [0.2, 0.25) is 0 Å². The van der Waals surface area contributed by atoms with E-state index in [1.807, 2.05) is 27.7 Å². The number of carbonyl (C=O) groups excluding carboxylic acids is 3. The fourth-order valence-corrected chi connectivity index (χ4v) is 2.98. The van der Waals surface area contributed by atoms with Crippen LogP contribution in [0.4, 0.5) is 0 Å². The summed E-state index contributed by atoms with van der Waals surface area (Å²) in [6.45, 7) is 7.53. The first-order chi connectivity index (χ1) is 12.5. The number of carbonyl (C=O) groups is 4. The number of amides is 3. The van der Waals surface area contributed by atoms with Gasteiger partial charge in [0.15, 0.2) is 0 Å². The van der Waals surface area contributed by atoms with Gasteiger partial charge in [-0.05, 0) is 31.1 Å². The number of nitrogens with two attached hydrogens (primary N) is 1. The quantitative estimate of drug-likeness (QED) is 0.430. The van der Waals surface area contributed by atoms with Crippen molar-refractivity contribution in [3.8, 4) is 0 Å². The minimum absolute atomic E-state index is 0.0718. The van der Waals surface area contributed by atoms with Crippen LogP contribution >= 0.6 is 0 Å². The van der Waals surface area contributed by atoms with Crippen LogP contribution in [0, 0.1) is 11.8 Å². The van der Waals surface area contributed by atoms with E-state index in [1.54, 1.807) is 0 Å². The summed E-state index contributed by atoms with van der Waals surface area (Å²) < 4.78 is 0. The molecule has 9 nitrogen and oxygen atoms in total. The summed E-state index contributed by atoms with van der Waals surface area (Å²) >= 11 is 0. The molecule has 3 amide bonds. The molecule has 3 atom stereocenters. The zero-order valence-corrected chi connectivity index (χ0v) is 16.5. The molecule has 1 heterocycles. The molecule has 1 aliphatic heterocycles. The van der Waals surface area contributed by atoms with Crippen LogP contribution in [0.5, 0.6) is 0 Å². The van der Waals surface area contributed by atoms with E-state index in [9.17, 15) is 19.2 Å². The molecule has 1 fully saturated rings. The molecular formula is C18H32N4O5. The Morgan fingerprint density at radius 2 is 1.78 bits per heavy atom. The minimum Gasteiger partial charge on any atom is -0.480 e. The molecule has 154 valence electrons. The summed E-state index contributed by atoms with van der Waals surface area (Å²) in [5.41, 5.74) is 5.83. The van der Waals surface area contributed by atoms with E-state index < -0.39 is 41.8 Å². The summed E-state index contributed by atoms with van der Waals surface area (Å²) in [6.07, 6.45) is 1.43. The molecule has 0 spiro atoms. The Balaban J connectivity index is 2.66. The van der Waals surface area contributed by atoms with Gasteiger partial charge in [0.2, 0.25) is 17.7 Å². The standard InChI is InChI=1S/C18H32N4O5/c1-10(2)8-12(21-17(25)15(19)11(3)4)16(24)20-9-14(23)22-7-5-6-13(22)18(26)27/h10-13,15H,5-9,19H2,1-4H3,(H,20,24)(H,21,25)(H,26,27)/t12-,13-,15-/m0/s1. The highest BCUT2D eigenvalue weighted by Crippen LogP contribution is 2.17. The zero-order valence-electron chi connectivity index (χ0n) is 16.5. The van der Waals surface area contributed by atoms with Crippen molar-refractivity contribution in [2.45, 2.75) is 65.1 Å². The van der Waals surface area contributed by atoms with E-state index in [0.29, 0.717) is 25.8 Å². The van der Waals surface area contributed by atoms with Gasteiger partial charge in [-0.1, -0.05) is 27.7 Å². The maximum absolute atomic E-state index is 12.5. The van der Waals surface area contributed by atoms with Crippen LogP contribution in [-0.2, 0) is 19.2 Å². The highest BCUT2D eigenvalue weighted by molar-refractivity contribution is 5.92. The van der Waals surface area contributed by atoms with Crippen molar-refractivity contribution in [2.24, 2.45) is 17.6 Å². The van der Waals surface area contributed by atoms with Gasteiger partial charge >= 0.3 is 5.97 Å². The fourth-order valence-electron chi connectivity index (χ4n) is 2.98. The van der Waals surface area contributed by atoms with Gasteiger partial charge in [0.05, 0.1) is 12.6 Å². The summed E-state index contributed by atoms with van der Waals surface area (Å²) in [4.78, 5) is 49.4. The van der Waals surface area contributed by atoms with Crippen molar-refractivity contribution in [1.82, 2.24) is 15.5 Å². The fraction of sp³-hybridized carbons (Fsp3) is 0.778. The van der Waals surface area contributed by atoms with Gasteiger partial charge in [-0.25, -0.2) is 4.79 Å². The molecule has 5 N–H and O–H groups in total. The molecular weight excluding hydrogens is 352 g/mol. The minimum atomic E-state index is -1.04. The predicted octanol–water partition coefficient (Wildman–Crippen LogP) is -0.308. The summed E-state index contributed by atoms with van der Waals surface area (Å²) in [7, 11) is 0. The van der Waals surface area contributed by atoms with Crippen LogP contribution < -0.4 is 16.4 Å². The van der Waals surface area contributed by atoms with Gasteiger partial charge in [-0.3, -0.25) is 14.4 Å². The number of nitrogens with one attached hydrogen (secondary N) is 2. The second-order valence-corrected chi connectivity index (χ2v) is 7.76. The molecule has 0 unspecified atom stereocenters. The zero-order chi connectivity index (χ0) is 20.7. The number of rotatable bonds is 9. The predicted molar refractivity (Wildman–Crippen MR) is 99.6 cm³/mol. The van der Waals surface area contributed by atoms with Crippen molar-refractivity contribution in [1.29, 1.82) is 0 Å². The first-order valence-electron chi connectivity index (χ1n) is 9.40. The third-order valence-electron chi connectivity index (χ3n) is 4.63. The van der Waals surface area contributed by atoms with Crippen molar-refractivity contribution in [3.63, 3.8) is 0 Å². The first-order valence-corrected chi connectivity index (χ1v) is 9.40. The van der Waals surface area contributed by atoms with Crippen LogP contribution in [0.15, 0.2) is 0 Å². The van der Waals surface area contributed by atoms with Gasteiger partial charge in [0, 0.05) is 6.54 Å². The normalized spacial score (nSPS) is 19.1. The van der Waals surface area contributed by atoms with Crippen molar-refractivity contribution >= 4 is 23.7 Å². The number of likely N-dealkylation sites (tertiary alicyclic amines) is 1. The van der Waals surface area contributed by atoms with E-state index in [0.717, 1.165) is 0 Å². The van der Waals surface area contributed by atoms with Crippen LogP contribution in [0.25, 0.3) is 0 Å². The lowest BCUT2D eigenvalue weighted by Crippen LogP contribution is -2.54. The van der Waals surface area contributed by atoms with Gasteiger partial charge in [-0.15, -0.1) is 0 Å². The Morgan fingerprint density at radius 3 is 2.30 bits per heavy atom. The molecule has 9 heteroatoms. The molecule has 0 bridgehead atoms. The smallest absolute Gasteiger partial charge is 0.326 e. The number of carboxylic acid groups (broad SMARTS) is 1. The monoisotopic (exact) mass is 384 g/mol. The van der Waals surface area contributed by atoms with Crippen LogP contribution in [0.3, 0.4) is 0 Å². The Bertz CT molecular complexity index is 564. The number of hydrogen-bond donors (Lipinski definition) is 4. The number of carboxylic acids is 1. The topological polar surface area (TPSA) is 142 Å². The van der Waals surface area contributed by atoms with Crippen LogP contribution in [0.1, 0.15) is 47.0 Å². The van der Waals surface area contributed by atoms with E-state index in [2.05, 4.69) is 10.6 Å². The number of hydrogen-bond acceptors (Lipinski definition) is 5. The number of nitrogens with zero attached hydrogens (tertiary/aromatic N) is 1. The SMILES string of the molecule is CC(C)C[C@H](NC(=O)[C@@H](N)C(C)C)C(=O)NCC(=O)N1CCC[C@H]1C(=O)O. The maximum Gasteiger partial charge on any atom is 0.326 e. The average molecular weight is 384 g/mol. The Labute approximate surface area is 160 Å². The lowest BCUT2D eigenvalue weighted by molar-refractivity contribution is -0.148. The molecule has 0 radical (unpaired) electrons. The van der Waals surface area contributed by atoms with Crippen LogP contribution in [-0.4, -0.2) is 64.9 Å². The highest BCUT2D eigenvalue weighted by Gasteiger charge is 2.34. The van der Waals surface area contributed by atoms with Gasteiger partial charge < -0.3 is 26.4 Å². The maximum atomic E-state index is 12.5. The van der Waals surface area contributed by atoms with E-state index in [1.165, 1.54) is 4.90 Å². The van der Waals surface area contributed by atoms with Crippen molar-refractivity contribution in [3.05, 3.63) is 0 Å². The lowest BCUT2D eigenvalue weighted by atomic mass is 10.0. The van der Waals surface area contributed by atoms with E-state index in [4.69, 9.17) is 10.8 Å².